The number of fused-ring (bicyclic) bond motifs is 1. The lowest BCUT2D eigenvalue weighted by atomic mass is 10.1. The summed E-state index contributed by atoms with van der Waals surface area (Å²) >= 11 is 5.86. The van der Waals surface area contributed by atoms with Crippen molar-refractivity contribution in [3.05, 3.63) is 64.7 Å². The molecule has 0 radical (unpaired) electrons. The predicted molar refractivity (Wildman–Crippen MR) is 76.0 cm³/mol. The molecule has 2 N–H and O–H groups in total. The van der Waals surface area contributed by atoms with Crippen molar-refractivity contribution in [3.8, 4) is 0 Å². The second-order valence-electron chi connectivity index (χ2n) is 4.59. The van der Waals surface area contributed by atoms with Crippen molar-refractivity contribution in [2.45, 2.75) is 12.6 Å². The Morgan fingerprint density at radius 3 is 2.53 bits per heavy atom. The largest absolute Gasteiger partial charge is 0.316 e. The van der Waals surface area contributed by atoms with E-state index in [4.69, 9.17) is 17.3 Å². The van der Waals surface area contributed by atoms with Gasteiger partial charge in [-0.25, -0.2) is 0 Å². The molecule has 3 nitrogen and oxygen atoms in total. The zero-order chi connectivity index (χ0) is 13.4. The van der Waals surface area contributed by atoms with Crippen LogP contribution in [0.3, 0.4) is 0 Å². The van der Waals surface area contributed by atoms with E-state index in [-0.39, 0.29) is 5.91 Å². The standard InChI is InChI=1S/C15H13ClN2O/c16-11-7-5-10(6-8-11)9-18-13-4-2-1-3-12(13)14(17)15(18)19/h1-8,14H,9,17H2. The topological polar surface area (TPSA) is 46.3 Å². The van der Waals surface area contributed by atoms with Gasteiger partial charge in [-0.05, 0) is 23.8 Å². The maximum atomic E-state index is 12.2. The number of rotatable bonds is 2. The van der Waals surface area contributed by atoms with E-state index in [0.717, 1.165) is 16.8 Å². The summed E-state index contributed by atoms with van der Waals surface area (Å²) in [5.74, 6) is -0.0591. The highest BCUT2D eigenvalue weighted by molar-refractivity contribution is 6.30. The third-order valence-electron chi connectivity index (χ3n) is 3.35. The summed E-state index contributed by atoms with van der Waals surface area (Å²) < 4.78 is 0. The monoisotopic (exact) mass is 272 g/mol. The Kier molecular flexibility index (Phi) is 3.01. The first-order valence-electron chi connectivity index (χ1n) is 6.07. The van der Waals surface area contributed by atoms with E-state index in [2.05, 4.69) is 0 Å². The number of nitrogens with two attached hydrogens (primary N) is 1. The van der Waals surface area contributed by atoms with Crippen LogP contribution < -0.4 is 10.6 Å². The minimum Gasteiger partial charge on any atom is -0.316 e. The number of hydrogen-bond donors (Lipinski definition) is 1. The summed E-state index contributed by atoms with van der Waals surface area (Å²) in [6.45, 7) is 0.515. The van der Waals surface area contributed by atoms with Crippen LogP contribution in [0.2, 0.25) is 5.02 Å². The SMILES string of the molecule is NC1C(=O)N(Cc2ccc(Cl)cc2)c2ccccc21. The smallest absolute Gasteiger partial charge is 0.248 e. The van der Waals surface area contributed by atoms with Crippen LogP contribution in [0.15, 0.2) is 48.5 Å². The second-order valence-corrected chi connectivity index (χ2v) is 5.02. The molecule has 1 amide bonds. The van der Waals surface area contributed by atoms with Crippen molar-refractivity contribution in [1.82, 2.24) is 0 Å². The summed E-state index contributed by atoms with van der Waals surface area (Å²) in [4.78, 5) is 13.9. The molecule has 2 aromatic carbocycles. The molecule has 0 aromatic heterocycles. The molecule has 4 heteroatoms. The summed E-state index contributed by atoms with van der Waals surface area (Å²) in [5, 5.41) is 0.689. The molecule has 0 spiro atoms. The summed E-state index contributed by atoms with van der Waals surface area (Å²) in [5.41, 5.74) is 8.76. The quantitative estimate of drug-likeness (QED) is 0.914. The van der Waals surface area contributed by atoms with Gasteiger partial charge in [-0.3, -0.25) is 4.79 Å². The predicted octanol–water partition coefficient (Wildman–Crippen LogP) is 2.89. The Bertz CT molecular complexity index is 624. The zero-order valence-electron chi connectivity index (χ0n) is 10.2. The fourth-order valence-electron chi connectivity index (χ4n) is 2.35. The van der Waals surface area contributed by atoms with Crippen molar-refractivity contribution in [2.75, 3.05) is 4.90 Å². The number of anilines is 1. The molecule has 1 aliphatic heterocycles. The van der Waals surface area contributed by atoms with Gasteiger partial charge in [0.05, 0.1) is 6.54 Å². The molecule has 1 unspecified atom stereocenters. The Labute approximate surface area is 116 Å². The maximum absolute atomic E-state index is 12.2. The number of benzene rings is 2. The van der Waals surface area contributed by atoms with Crippen LogP contribution in [0.1, 0.15) is 17.2 Å². The summed E-state index contributed by atoms with van der Waals surface area (Å²) in [6, 6.07) is 14.6. The highest BCUT2D eigenvalue weighted by Crippen LogP contribution is 2.35. The molecular formula is C15H13ClN2O. The van der Waals surface area contributed by atoms with E-state index in [1.807, 2.05) is 48.5 Å². The molecule has 1 atom stereocenters. The molecule has 1 heterocycles. The maximum Gasteiger partial charge on any atom is 0.248 e. The van der Waals surface area contributed by atoms with Crippen LogP contribution >= 0.6 is 11.6 Å². The van der Waals surface area contributed by atoms with E-state index in [1.165, 1.54) is 0 Å². The number of carbonyl (C=O) groups is 1. The molecule has 3 rings (SSSR count). The van der Waals surface area contributed by atoms with Crippen LogP contribution in [-0.4, -0.2) is 5.91 Å². The van der Waals surface area contributed by atoms with Gasteiger partial charge < -0.3 is 10.6 Å². The molecule has 0 fully saturated rings. The van der Waals surface area contributed by atoms with Crippen molar-refractivity contribution in [1.29, 1.82) is 0 Å². The van der Waals surface area contributed by atoms with Crippen molar-refractivity contribution >= 4 is 23.2 Å². The highest BCUT2D eigenvalue weighted by Gasteiger charge is 2.34. The van der Waals surface area contributed by atoms with E-state index < -0.39 is 6.04 Å². The first kappa shape index (κ1) is 12.2. The molecule has 19 heavy (non-hydrogen) atoms. The van der Waals surface area contributed by atoms with Crippen molar-refractivity contribution in [2.24, 2.45) is 5.73 Å². The fraction of sp³-hybridized carbons (Fsp3) is 0.133. The Morgan fingerprint density at radius 1 is 1.11 bits per heavy atom. The van der Waals surface area contributed by atoms with E-state index in [0.29, 0.717) is 11.6 Å². The number of para-hydroxylation sites is 1. The first-order valence-corrected chi connectivity index (χ1v) is 6.45. The van der Waals surface area contributed by atoms with Crippen LogP contribution in [0.5, 0.6) is 0 Å². The first-order chi connectivity index (χ1) is 9.16. The molecule has 2 aromatic rings. The molecular weight excluding hydrogens is 260 g/mol. The van der Waals surface area contributed by atoms with E-state index in [1.54, 1.807) is 4.90 Å². The molecule has 0 saturated carbocycles. The normalized spacial score (nSPS) is 17.7. The average Bonchev–Trinajstić information content (AvgIpc) is 2.67. The van der Waals surface area contributed by atoms with Gasteiger partial charge in [0.2, 0.25) is 5.91 Å². The van der Waals surface area contributed by atoms with Gasteiger partial charge in [0.15, 0.2) is 0 Å². The minimum atomic E-state index is -0.552. The number of hydrogen-bond acceptors (Lipinski definition) is 2. The summed E-state index contributed by atoms with van der Waals surface area (Å²) in [7, 11) is 0. The van der Waals surface area contributed by atoms with Gasteiger partial charge in [0.25, 0.3) is 0 Å². The van der Waals surface area contributed by atoms with E-state index >= 15 is 0 Å². The third-order valence-corrected chi connectivity index (χ3v) is 3.60. The lowest BCUT2D eigenvalue weighted by Crippen LogP contribution is -2.31. The zero-order valence-corrected chi connectivity index (χ0v) is 11.0. The Morgan fingerprint density at radius 2 is 1.79 bits per heavy atom. The Balaban J connectivity index is 1.93. The molecule has 96 valence electrons. The molecule has 1 aliphatic rings. The van der Waals surface area contributed by atoms with Crippen LogP contribution in [-0.2, 0) is 11.3 Å². The van der Waals surface area contributed by atoms with Gasteiger partial charge in [-0.2, -0.15) is 0 Å². The van der Waals surface area contributed by atoms with Crippen LogP contribution in [0.25, 0.3) is 0 Å². The number of amides is 1. The van der Waals surface area contributed by atoms with Gasteiger partial charge in [0.1, 0.15) is 6.04 Å². The lowest BCUT2D eigenvalue weighted by Gasteiger charge is -2.17. The highest BCUT2D eigenvalue weighted by atomic mass is 35.5. The van der Waals surface area contributed by atoms with Crippen molar-refractivity contribution in [3.63, 3.8) is 0 Å². The fourth-order valence-corrected chi connectivity index (χ4v) is 2.48. The number of carbonyl (C=O) groups excluding carboxylic acids is 1. The van der Waals surface area contributed by atoms with Gasteiger partial charge >= 0.3 is 0 Å². The van der Waals surface area contributed by atoms with Gasteiger partial charge in [-0.15, -0.1) is 0 Å². The van der Waals surface area contributed by atoms with Gasteiger partial charge in [0, 0.05) is 16.3 Å². The van der Waals surface area contributed by atoms with Crippen LogP contribution in [0, 0.1) is 0 Å². The minimum absolute atomic E-state index is 0.0591. The number of halogens is 1. The molecule has 0 bridgehead atoms. The third kappa shape index (κ3) is 2.11. The Hall–Kier alpha value is -1.84. The van der Waals surface area contributed by atoms with Gasteiger partial charge in [-0.1, -0.05) is 41.9 Å². The molecule has 0 saturated heterocycles. The van der Waals surface area contributed by atoms with Crippen LogP contribution in [0.4, 0.5) is 5.69 Å². The second kappa shape index (κ2) is 4.68. The number of nitrogens with zero attached hydrogens (tertiary/aromatic N) is 1. The molecule has 0 aliphatic carbocycles. The lowest BCUT2D eigenvalue weighted by molar-refractivity contribution is -0.119. The van der Waals surface area contributed by atoms with Crippen molar-refractivity contribution < 1.29 is 4.79 Å². The van der Waals surface area contributed by atoms with E-state index in [9.17, 15) is 4.79 Å². The average molecular weight is 273 g/mol. The summed E-state index contributed by atoms with van der Waals surface area (Å²) in [6.07, 6.45) is 0.